The molecule has 3 aromatic rings. The lowest BCUT2D eigenvalue weighted by molar-refractivity contribution is -0.0107. The first-order chi connectivity index (χ1) is 17.5. The molecule has 0 bridgehead atoms. The third kappa shape index (κ3) is 5.68. The summed E-state index contributed by atoms with van der Waals surface area (Å²) >= 11 is 12.9. The maximum atomic E-state index is 6.71. The lowest BCUT2D eigenvalue weighted by Gasteiger charge is -2.38. The van der Waals surface area contributed by atoms with Crippen molar-refractivity contribution in [3.63, 3.8) is 0 Å². The van der Waals surface area contributed by atoms with Gasteiger partial charge in [-0.15, -0.1) is 0 Å². The van der Waals surface area contributed by atoms with Crippen molar-refractivity contribution in [2.24, 2.45) is 5.92 Å². The fourth-order valence-electron chi connectivity index (χ4n) is 5.24. The minimum absolute atomic E-state index is 0.183. The van der Waals surface area contributed by atoms with Gasteiger partial charge in [0.05, 0.1) is 11.7 Å². The van der Waals surface area contributed by atoms with Gasteiger partial charge in [0.25, 0.3) is 0 Å². The van der Waals surface area contributed by atoms with Crippen LogP contribution < -0.4 is 10.1 Å². The number of rotatable bonds is 8. The zero-order valence-corrected chi connectivity index (χ0v) is 22.1. The van der Waals surface area contributed by atoms with Gasteiger partial charge in [0, 0.05) is 72.6 Å². The van der Waals surface area contributed by atoms with E-state index in [0.717, 1.165) is 43.1 Å². The van der Waals surface area contributed by atoms with E-state index in [1.54, 1.807) is 18.7 Å². The monoisotopic (exact) mass is 530 g/mol. The highest BCUT2D eigenvalue weighted by Crippen LogP contribution is 2.39. The smallest absolute Gasteiger partial charge is 0.152 e. The number of nitrogens with zero attached hydrogens (tertiary/aromatic N) is 5. The van der Waals surface area contributed by atoms with Gasteiger partial charge in [-0.3, -0.25) is 14.6 Å². The van der Waals surface area contributed by atoms with E-state index in [2.05, 4.69) is 34.1 Å². The first-order valence-electron chi connectivity index (χ1n) is 12.5. The number of pyridine rings is 1. The molecule has 0 saturated carbocycles. The van der Waals surface area contributed by atoms with Gasteiger partial charge in [-0.2, -0.15) is 5.10 Å². The van der Waals surface area contributed by atoms with Crippen molar-refractivity contribution in [2.45, 2.75) is 51.1 Å². The second-order valence-electron chi connectivity index (χ2n) is 9.67. The molecule has 10 heteroatoms. The molecule has 1 aromatic carbocycles. The molecule has 2 aromatic heterocycles. The quantitative estimate of drug-likeness (QED) is 0.457. The van der Waals surface area contributed by atoms with Crippen LogP contribution in [0.3, 0.4) is 0 Å². The van der Waals surface area contributed by atoms with E-state index in [1.165, 1.54) is 0 Å². The topological polar surface area (TPSA) is 77.3 Å². The molecule has 2 saturated heterocycles. The molecular weight excluding hydrogens is 499 g/mol. The Balaban J connectivity index is 1.45. The summed E-state index contributed by atoms with van der Waals surface area (Å²) in [6.45, 7) is 8.61. The zero-order chi connectivity index (χ0) is 25.1. The molecule has 0 amide bonds. The standard InChI is InChI=1S/C26H32Cl2N6O2/c1-17(2)34-9-8-29-13-24(34)23-12-20(5-7-31-23)36-26(21-4-3-19(27)11-22(21)28)25-18(6-10-35-25)14-33-16-30-15-32-33/h3-5,7,11-12,15-18,24-26,29H,6,8-10,13-14H2,1-2H3. The summed E-state index contributed by atoms with van der Waals surface area (Å²) in [5, 5.41) is 8.93. The number of benzene rings is 1. The summed E-state index contributed by atoms with van der Waals surface area (Å²) in [5.74, 6) is 0.920. The number of hydrogen-bond donors (Lipinski definition) is 1. The first kappa shape index (κ1) is 25.4. The lowest BCUT2D eigenvalue weighted by Crippen LogP contribution is -2.49. The molecule has 0 spiro atoms. The second kappa shape index (κ2) is 11.4. The van der Waals surface area contributed by atoms with Crippen LogP contribution in [0.25, 0.3) is 0 Å². The van der Waals surface area contributed by atoms with Gasteiger partial charge in [0.1, 0.15) is 24.5 Å². The molecular formula is C26H32Cl2N6O2. The predicted molar refractivity (Wildman–Crippen MR) is 139 cm³/mol. The minimum Gasteiger partial charge on any atom is -0.483 e. The van der Waals surface area contributed by atoms with Crippen molar-refractivity contribution in [1.82, 2.24) is 30.0 Å². The molecule has 4 heterocycles. The van der Waals surface area contributed by atoms with Gasteiger partial charge in [0.15, 0.2) is 6.10 Å². The van der Waals surface area contributed by atoms with Gasteiger partial charge in [-0.1, -0.05) is 29.3 Å². The highest BCUT2D eigenvalue weighted by molar-refractivity contribution is 6.35. The van der Waals surface area contributed by atoms with Gasteiger partial charge in [-0.25, -0.2) is 4.98 Å². The Hall–Kier alpha value is -2.23. The fourth-order valence-corrected chi connectivity index (χ4v) is 5.75. The van der Waals surface area contributed by atoms with Crippen LogP contribution >= 0.6 is 23.2 Å². The Morgan fingerprint density at radius 1 is 1.22 bits per heavy atom. The second-order valence-corrected chi connectivity index (χ2v) is 10.5. The summed E-state index contributed by atoms with van der Waals surface area (Å²) in [5.41, 5.74) is 1.83. The Morgan fingerprint density at radius 2 is 2.11 bits per heavy atom. The number of piperazine rings is 1. The molecule has 4 atom stereocenters. The molecule has 8 nitrogen and oxygen atoms in total. The summed E-state index contributed by atoms with van der Waals surface area (Å²) < 4.78 is 14.8. The van der Waals surface area contributed by atoms with Crippen LogP contribution in [0.15, 0.2) is 49.2 Å². The number of hydrogen-bond acceptors (Lipinski definition) is 7. The molecule has 1 N–H and O–H groups in total. The normalized spacial score (nSPS) is 23.8. The van der Waals surface area contributed by atoms with E-state index in [1.807, 2.05) is 35.1 Å². The van der Waals surface area contributed by atoms with Gasteiger partial charge >= 0.3 is 0 Å². The number of aromatic nitrogens is 4. The molecule has 0 radical (unpaired) electrons. The molecule has 5 rings (SSSR count). The van der Waals surface area contributed by atoms with Crippen molar-refractivity contribution in [1.29, 1.82) is 0 Å². The SMILES string of the molecule is CC(C)N1CCNCC1c1cc(OC(c2ccc(Cl)cc2Cl)C2OCCC2Cn2cncn2)ccn1. The maximum absolute atomic E-state index is 6.71. The first-order valence-corrected chi connectivity index (χ1v) is 13.2. The van der Waals surface area contributed by atoms with Crippen LogP contribution in [0.1, 0.15) is 43.7 Å². The van der Waals surface area contributed by atoms with E-state index in [9.17, 15) is 0 Å². The number of ether oxygens (including phenoxy) is 2. The Morgan fingerprint density at radius 3 is 2.89 bits per heavy atom. The Kier molecular flexibility index (Phi) is 8.08. The number of halogens is 2. The van der Waals surface area contributed by atoms with Gasteiger partial charge < -0.3 is 14.8 Å². The molecule has 4 unspecified atom stereocenters. The average molecular weight is 531 g/mol. The van der Waals surface area contributed by atoms with Crippen LogP contribution in [0.5, 0.6) is 5.75 Å². The molecule has 0 aliphatic carbocycles. The summed E-state index contributed by atoms with van der Waals surface area (Å²) in [6.07, 6.45) is 5.36. The van der Waals surface area contributed by atoms with E-state index < -0.39 is 6.10 Å². The van der Waals surface area contributed by atoms with Crippen LogP contribution in [-0.4, -0.2) is 63.0 Å². The predicted octanol–water partition coefficient (Wildman–Crippen LogP) is 4.56. The number of nitrogens with one attached hydrogen (secondary N) is 1. The largest absolute Gasteiger partial charge is 0.483 e. The van der Waals surface area contributed by atoms with Crippen LogP contribution in [0.4, 0.5) is 0 Å². The molecule has 192 valence electrons. The van der Waals surface area contributed by atoms with Gasteiger partial charge in [-0.05, 0) is 38.5 Å². The van der Waals surface area contributed by atoms with E-state index in [-0.39, 0.29) is 18.1 Å². The third-order valence-corrected chi connectivity index (χ3v) is 7.59. The van der Waals surface area contributed by atoms with Crippen molar-refractivity contribution >= 4 is 23.2 Å². The molecule has 2 aliphatic rings. The lowest BCUT2D eigenvalue weighted by atomic mass is 9.92. The van der Waals surface area contributed by atoms with E-state index >= 15 is 0 Å². The molecule has 36 heavy (non-hydrogen) atoms. The van der Waals surface area contributed by atoms with Crippen molar-refractivity contribution < 1.29 is 9.47 Å². The summed E-state index contributed by atoms with van der Waals surface area (Å²) in [4.78, 5) is 11.3. The van der Waals surface area contributed by atoms with Crippen molar-refractivity contribution in [2.75, 3.05) is 26.2 Å². The molecule has 2 aliphatic heterocycles. The third-order valence-electron chi connectivity index (χ3n) is 7.02. The molecule has 2 fully saturated rings. The van der Waals surface area contributed by atoms with Gasteiger partial charge in [0.2, 0.25) is 0 Å². The van der Waals surface area contributed by atoms with Crippen LogP contribution in [-0.2, 0) is 11.3 Å². The summed E-state index contributed by atoms with van der Waals surface area (Å²) in [6, 6.07) is 10.1. The summed E-state index contributed by atoms with van der Waals surface area (Å²) in [7, 11) is 0. The van der Waals surface area contributed by atoms with E-state index in [0.29, 0.717) is 29.2 Å². The highest BCUT2D eigenvalue weighted by Gasteiger charge is 2.39. The van der Waals surface area contributed by atoms with E-state index in [4.69, 9.17) is 37.7 Å². The Bertz CT molecular complexity index is 1150. The highest BCUT2D eigenvalue weighted by atomic mass is 35.5. The van der Waals surface area contributed by atoms with Crippen LogP contribution in [0, 0.1) is 5.92 Å². The maximum Gasteiger partial charge on any atom is 0.152 e. The Labute approximate surface area is 221 Å². The van der Waals surface area contributed by atoms with Crippen molar-refractivity contribution in [3.8, 4) is 5.75 Å². The van der Waals surface area contributed by atoms with Crippen molar-refractivity contribution in [3.05, 3.63) is 70.5 Å². The van der Waals surface area contributed by atoms with Crippen LogP contribution in [0.2, 0.25) is 10.0 Å². The fraction of sp³-hybridized carbons (Fsp3) is 0.500. The minimum atomic E-state index is -0.424. The average Bonchev–Trinajstić information content (AvgIpc) is 3.56. The zero-order valence-electron chi connectivity index (χ0n) is 20.6.